The fourth-order valence-electron chi connectivity index (χ4n) is 4.54. The maximum absolute atomic E-state index is 12.5. The van der Waals surface area contributed by atoms with Gasteiger partial charge < -0.3 is 9.64 Å². The second-order valence-corrected chi connectivity index (χ2v) is 8.81. The molecule has 2 heterocycles. The lowest BCUT2D eigenvalue weighted by Gasteiger charge is -2.38. The molecule has 4 nitrogen and oxygen atoms in total. The molecule has 1 aromatic carbocycles. The highest BCUT2D eigenvalue weighted by molar-refractivity contribution is 6.31. The van der Waals surface area contributed by atoms with E-state index in [1.165, 1.54) is 11.1 Å². The number of hydrogen-bond acceptors (Lipinski definition) is 3. The Kier molecular flexibility index (Phi) is 7.65. The second kappa shape index (κ2) is 10.0. The van der Waals surface area contributed by atoms with Crippen LogP contribution in [0.2, 0.25) is 0 Å². The Bertz CT molecular complexity index is 792. The van der Waals surface area contributed by atoms with Gasteiger partial charge in [-0.1, -0.05) is 61.7 Å². The Morgan fingerprint density at radius 1 is 1.17 bits per heavy atom. The van der Waals surface area contributed by atoms with Crippen molar-refractivity contribution in [2.24, 2.45) is 5.92 Å². The van der Waals surface area contributed by atoms with E-state index in [1.54, 1.807) is 4.90 Å². The van der Waals surface area contributed by atoms with Gasteiger partial charge in [-0.2, -0.15) is 0 Å². The largest absolute Gasteiger partial charge is 0.441 e. The second-order valence-electron chi connectivity index (χ2n) is 8.40. The minimum absolute atomic E-state index is 0.208. The number of rotatable bonds is 4. The lowest BCUT2D eigenvalue weighted by Crippen LogP contribution is -2.48. The molecule has 3 aliphatic rings. The SMILES string of the molecule is CC.CCC1=C(Cl)C=CC(CN2CCC3(CC2)CN(c2ccc(C)cc2)C(=O)O3)C1. The average molecular weight is 431 g/mol. The molecule has 0 N–H and O–H groups in total. The molecule has 1 aromatic rings. The van der Waals surface area contributed by atoms with Crippen LogP contribution in [0, 0.1) is 12.8 Å². The number of carbonyl (C=O) groups is 1. The zero-order valence-corrected chi connectivity index (χ0v) is 19.5. The molecule has 1 amide bonds. The molecule has 164 valence electrons. The van der Waals surface area contributed by atoms with Crippen LogP contribution in [0.15, 0.2) is 47.0 Å². The van der Waals surface area contributed by atoms with E-state index >= 15 is 0 Å². The predicted octanol–water partition coefficient (Wildman–Crippen LogP) is 6.29. The molecule has 5 heteroatoms. The smallest absolute Gasteiger partial charge is 0.415 e. The third kappa shape index (κ3) is 5.09. The topological polar surface area (TPSA) is 32.8 Å². The lowest BCUT2D eigenvalue weighted by molar-refractivity contribution is -0.00114. The summed E-state index contributed by atoms with van der Waals surface area (Å²) in [5.74, 6) is 0.529. The van der Waals surface area contributed by atoms with Gasteiger partial charge in [0.1, 0.15) is 5.60 Å². The molecule has 2 aliphatic heterocycles. The van der Waals surface area contributed by atoms with Gasteiger partial charge in [0.2, 0.25) is 0 Å². The first-order valence-corrected chi connectivity index (χ1v) is 11.7. The van der Waals surface area contributed by atoms with Gasteiger partial charge in [-0.3, -0.25) is 4.90 Å². The first-order valence-electron chi connectivity index (χ1n) is 11.3. The Morgan fingerprint density at radius 2 is 1.83 bits per heavy atom. The maximum Gasteiger partial charge on any atom is 0.415 e. The monoisotopic (exact) mass is 430 g/mol. The van der Waals surface area contributed by atoms with Gasteiger partial charge in [-0.25, -0.2) is 4.79 Å². The normalized spacial score (nSPS) is 23.4. The van der Waals surface area contributed by atoms with Gasteiger partial charge in [-0.15, -0.1) is 0 Å². The number of ether oxygens (including phenoxy) is 1. The molecule has 30 heavy (non-hydrogen) atoms. The molecule has 0 saturated carbocycles. The Balaban J connectivity index is 0.00000124. The van der Waals surface area contributed by atoms with Crippen LogP contribution in [-0.2, 0) is 4.74 Å². The molecule has 1 spiro atoms. The van der Waals surface area contributed by atoms with Gasteiger partial charge in [0.05, 0.1) is 6.54 Å². The van der Waals surface area contributed by atoms with Crippen LogP contribution in [-0.4, -0.2) is 42.8 Å². The van der Waals surface area contributed by atoms with Crippen LogP contribution in [0.4, 0.5) is 10.5 Å². The zero-order chi connectivity index (χ0) is 21.7. The fraction of sp³-hybridized carbons (Fsp3) is 0.560. The van der Waals surface area contributed by atoms with Crippen molar-refractivity contribution < 1.29 is 9.53 Å². The van der Waals surface area contributed by atoms with Crippen LogP contribution in [0.1, 0.15) is 52.0 Å². The van der Waals surface area contributed by atoms with Crippen molar-refractivity contribution in [3.63, 3.8) is 0 Å². The van der Waals surface area contributed by atoms with Crippen molar-refractivity contribution >= 4 is 23.4 Å². The van der Waals surface area contributed by atoms with Crippen molar-refractivity contribution in [3.8, 4) is 0 Å². The fourth-order valence-corrected chi connectivity index (χ4v) is 4.82. The number of benzene rings is 1. The van der Waals surface area contributed by atoms with Crippen molar-refractivity contribution in [3.05, 3.63) is 52.6 Å². The number of piperidine rings is 1. The standard InChI is InChI=1S/C23H29ClN2O2.C2H6/c1-3-19-14-18(6-9-21(19)24)15-25-12-10-23(11-13-25)16-26(22(27)28-23)20-7-4-17(2)5-8-20;1-2/h4-9,18H,3,10-16H2,1-2H3;1-2H3. The van der Waals surface area contributed by atoms with Crippen LogP contribution in [0.25, 0.3) is 0 Å². The van der Waals surface area contributed by atoms with E-state index in [0.29, 0.717) is 12.5 Å². The number of hydrogen-bond donors (Lipinski definition) is 0. The summed E-state index contributed by atoms with van der Waals surface area (Å²) in [6, 6.07) is 8.09. The highest BCUT2D eigenvalue weighted by Gasteiger charge is 2.47. The van der Waals surface area contributed by atoms with Gasteiger partial charge in [0.15, 0.2) is 0 Å². The molecule has 1 atom stereocenters. The van der Waals surface area contributed by atoms with Crippen LogP contribution in [0.3, 0.4) is 0 Å². The van der Waals surface area contributed by atoms with Crippen molar-refractivity contribution in [2.45, 2.75) is 59.0 Å². The van der Waals surface area contributed by atoms with Crippen molar-refractivity contribution in [2.75, 3.05) is 31.1 Å². The molecule has 4 rings (SSSR count). The summed E-state index contributed by atoms with van der Waals surface area (Å²) < 4.78 is 5.90. The highest BCUT2D eigenvalue weighted by Crippen LogP contribution is 2.36. The molecule has 1 unspecified atom stereocenters. The minimum atomic E-state index is -0.335. The molecular formula is C25H35ClN2O2. The number of nitrogens with zero attached hydrogens (tertiary/aromatic N) is 2. The Morgan fingerprint density at radius 3 is 2.47 bits per heavy atom. The Labute approximate surface area is 186 Å². The number of halogens is 1. The van der Waals surface area contributed by atoms with E-state index in [-0.39, 0.29) is 11.7 Å². The molecule has 0 radical (unpaired) electrons. The van der Waals surface area contributed by atoms with Gasteiger partial charge >= 0.3 is 6.09 Å². The lowest BCUT2D eigenvalue weighted by atomic mass is 9.88. The summed E-state index contributed by atoms with van der Waals surface area (Å²) in [6.07, 6.45) is 7.99. The van der Waals surface area contributed by atoms with Crippen LogP contribution in [0.5, 0.6) is 0 Å². The first kappa shape index (κ1) is 22.9. The number of aryl methyl sites for hydroxylation is 1. The number of amides is 1. The molecule has 2 saturated heterocycles. The van der Waals surface area contributed by atoms with Crippen LogP contribution >= 0.6 is 11.6 Å². The molecule has 2 fully saturated rings. The van der Waals surface area contributed by atoms with Gasteiger partial charge in [0.25, 0.3) is 0 Å². The molecule has 1 aliphatic carbocycles. The van der Waals surface area contributed by atoms with Gasteiger partial charge in [-0.05, 0) is 43.9 Å². The van der Waals surface area contributed by atoms with E-state index in [9.17, 15) is 4.79 Å². The van der Waals surface area contributed by atoms with Gasteiger partial charge in [0, 0.05) is 43.2 Å². The zero-order valence-electron chi connectivity index (χ0n) is 18.8. The highest BCUT2D eigenvalue weighted by atomic mass is 35.5. The maximum atomic E-state index is 12.5. The number of likely N-dealkylation sites (tertiary alicyclic amines) is 1. The molecular weight excluding hydrogens is 396 g/mol. The summed E-state index contributed by atoms with van der Waals surface area (Å²) in [6.45, 7) is 11.9. The predicted molar refractivity (Wildman–Crippen MR) is 125 cm³/mol. The first-order chi connectivity index (χ1) is 14.5. The van der Waals surface area contributed by atoms with Crippen LogP contribution < -0.4 is 4.90 Å². The number of allylic oxidation sites excluding steroid dienone is 3. The van der Waals surface area contributed by atoms with E-state index < -0.39 is 0 Å². The quantitative estimate of drug-likeness (QED) is 0.562. The summed E-state index contributed by atoms with van der Waals surface area (Å²) in [5.41, 5.74) is 3.15. The van der Waals surface area contributed by atoms with Crippen molar-refractivity contribution in [1.29, 1.82) is 0 Å². The number of anilines is 1. The van der Waals surface area contributed by atoms with E-state index in [0.717, 1.165) is 56.0 Å². The minimum Gasteiger partial charge on any atom is -0.441 e. The third-order valence-electron chi connectivity index (χ3n) is 6.36. The summed E-state index contributed by atoms with van der Waals surface area (Å²) in [4.78, 5) is 16.8. The Hall–Kier alpha value is -1.78. The summed E-state index contributed by atoms with van der Waals surface area (Å²) in [5, 5.41) is 0.922. The van der Waals surface area contributed by atoms with Crippen molar-refractivity contribution in [1.82, 2.24) is 4.90 Å². The number of carbonyl (C=O) groups excluding carboxylic acids is 1. The third-order valence-corrected chi connectivity index (χ3v) is 6.76. The summed E-state index contributed by atoms with van der Waals surface area (Å²) in [7, 11) is 0. The average Bonchev–Trinajstić information content (AvgIpc) is 3.09. The van der Waals surface area contributed by atoms with E-state index in [1.807, 2.05) is 38.1 Å². The molecule has 0 bridgehead atoms. The summed E-state index contributed by atoms with van der Waals surface area (Å²) >= 11 is 6.29. The molecule has 0 aromatic heterocycles. The van der Waals surface area contributed by atoms with E-state index in [2.05, 4.69) is 30.9 Å². The van der Waals surface area contributed by atoms with E-state index in [4.69, 9.17) is 16.3 Å².